The number of hydrogen-bond donors (Lipinski definition) is 0. The second kappa shape index (κ2) is 7.34. The molecule has 0 saturated heterocycles. The lowest BCUT2D eigenvalue weighted by atomic mass is 10.1. The largest absolute Gasteiger partial charge is 0.338 e. The molecule has 136 valence electrons. The van der Waals surface area contributed by atoms with Crippen molar-refractivity contribution in [1.29, 1.82) is 0 Å². The standard InChI is InChI=1S/C23H17N3S2/c1-26-19-10-4-5-11-20(19)27-23(26)15-16-14-22(28-21-12-6-7-13-24-21)25-18-9-3-2-8-17(16)18/h2-15H,1H3. The Morgan fingerprint density at radius 3 is 2.61 bits per heavy atom. The summed E-state index contributed by atoms with van der Waals surface area (Å²) in [5, 5.41) is 4.27. The van der Waals surface area contributed by atoms with Crippen LogP contribution in [0.2, 0.25) is 0 Å². The maximum atomic E-state index is 4.84. The molecular weight excluding hydrogens is 382 g/mol. The van der Waals surface area contributed by atoms with Gasteiger partial charge in [-0.15, -0.1) is 0 Å². The van der Waals surface area contributed by atoms with Crippen LogP contribution in [-0.2, 0) is 0 Å². The summed E-state index contributed by atoms with van der Waals surface area (Å²) in [4.78, 5) is 12.8. The van der Waals surface area contributed by atoms with Gasteiger partial charge in [-0.3, -0.25) is 0 Å². The highest BCUT2D eigenvalue weighted by Gasteiger charge is 2.21. The molecule has 4 aromatic rings. The van der Waals surface area contributed by atoms with Crippen molar-refractivity contribution < 1.29 is 0 Å². The Bertz CT molecular complexity index is 1190. The Morgan fingerprint density at radius 1 is 0.929 bits per heavy atom. The molecule has 5 rings (SSSR count). The highest BCUT2D eigenvalue weighted by molar-refractivity contribution is 8.03. The van der Waals surface area contributed by atoms with E-state index in [1.165, 1.54) is 21.2 Å². The average molecular weight is 400 g/mol. The molecule has 0 atom stereocenters. The van der Waals surface area contributed by atoms with Crippen LogP contribution in [0, 0.1) is 0 Å². The van der Waals surface area contributed by atoms with Crippen LogP contribution in [0.3, 0.4) is 0 Å². The molecule has 0 aliphatic carbocycles. The van der Waals surface area contributed by atoms with Gasteiger partial charge in [0.25, 0.3) is 0 Å². The third-order valence-electron chi connectivity index (χ3n) is 4.62. The van der Waals surface area contributed by atoms with E-state index in [0.717, 1.165) is 21.0 Å². The zero-order valence-electron chi connectivity index (χ0n) is 15.2. The van der Waals surface area contributed by atoms with E-state index in [-0.39, 0.29) is 0 Å². The van der Waals surface area contributed by atoms with Gasteiger partial charge in [0.05, 0.1) is 16.2 Å². The summed E-state index contributed by atoms with van der Waals surface area (Å²) in [5.41, 5.74) is 3.42. The molecule has 0 N–H and O–H groups in total. The minimum atomic E-state index is 0.948. The average Bonchev–Trinajstić information content (AvgIpc) is 3.04. The van der Waals surface area contributed by atoms with E-state index in [1.807, 2.05) is 30.5 Å². The van der Waals surface area contributed by atoms with Crippen molar-refractivity contribution in [2.45, 2.75) is 14.9 Å². The first-order valence-electron chi connectivity index (χ1n) is 8.99. The van der Waals surface area contributed by atoms with Gasteiger partial charge >= 0.3 is 0 Å². The van der Waals surface area contributed by atoms with E-state index < -0.39 is 0 Å². The van der Waals surface area contributed by atoms with Crippen LogP contribution in [0.1, 0.15) is 5.56 Å². The minimum Gasteiger partial charge on any atom is -0.338 e. The molecule has 1 aliphatic rings. The topological polar surface area (TPSA) is 29.0 Å². The fraction of sp³-hybridized carbons (Fsp3) is 0.0435. The zero-order chi connectivity index (χ0) is 18.9. The van der Waals surface area contributed by atoms with Crippen LogP contribution in [0.4, 0.5) is 5.69 Å². The van der Waals surface area contributed by atoms with Crippen molar-refractivity contribution in [1.82, 2.24) is 9.97 Å². The van der Waals surface area contributed by atoms with E-state index >= 15 is 0 Å². The normalized spacial score (nSPS) is 14.6. The van der Waals surface area contributed by atoms with Gasteiger partial charge in [-0.2, -0.15) is 0 Å². The molecule has 3 heterocycles. The van der Waals surface area contributed by atoms with Crippen molar-refractivity contribution in [3.8, 4) is 0 Å². The molecule has 0 spiro atoms. The fourth-order valence-corrected chi connectivity index (χ4v) is 5.15. The molecule has 0 amide bonds. The number of nitrogens with zero attached hydrogens (tertiary/aromatic N) is 3. The van der Waals surface area contributed by atoms with Gasteiger partial charge in [-0.1, -0.05) is 59.9 Å². The third-order valence-corrected chi connectivity index (χ3v) is 6.66. The van der Waals surface area contributed by atoms with Gasteiger partial charge in [0.1, 0.15) is 10.1 Å². The zero-order valence-corrected chi connectivity index (χ0v) is 16.9. The maximum Gasteiger partial charge on any atom is 0.104 e. The summed E-state index contributed by atoms with van der Waals surface area (Å²) in [6.07, 6.45) is 4.07. The number of para-hydroxylation sites is 2. The van der Waals surface area contributed by atoms with Gasteiger partial charge in [0.15, 0.2) is 0 Å². The monoisotopic (exact) mass is 399 g/mol. The van der Waals surface area contributed by atoms with Crippen molar-refractivity contribution in [3.63, 3.8) is 0 Å². The van der Waals surface area contributed by atoms with Gasteiger partial charge < -0.3 is 4.90 Å². The molecule has 0 radical (unpaired) electrons. The van der Waals surface area contributed by atoms with Crippen LogP contribution >= 0.6 is 23.5 Å². The predicted octanol–water partition coefficient (Wildman–Crippen LogP) is 6.32. The number of rotatable bonds is 3. The van der Waals surface area contributed by atoms with Crippen LogP contribution < -0.4 is 4.90 Å². The van der Waals surface area contributed by atoms with Crippen molar-refractivity contribution in [2.75, 3.05) is 11.9 Å². The Morgan fingerprint density at radius 2 is 1.75 bits per heavy atom. The number of benzene rings is 2. The number of pyridine rings is 2. The summed E-state index contributed by atoms with van der Waals surface area (Å²) in [6.45, 7) is 0. The first-order valence-corrected chi connectivity index (χ1v) is 10.6. The Hall–Kier alpha value is -2.76. The molecule has 0 fully saturated rings. The van der Waals surface area contributed by atoms with Crippen LogP contribution in [0.25, 0.3) is 17.0 Å². The molecule has 28 heavy (non-hydrogen) atoms. The lowest BCUT2D eigenvalue weighted by Crippen LogP contribution is -2.09. The quantitative estimate of drug-likeness (QED) is 0.402. The number of fused-ring (bicyclic) bond motifs is 2. The van der Waals surface area contributed by atoms with Gasteiger partial charge in [-0.05, 0) is 48.0 Å². The Balaban J connectivity index is 1.59. The molecule has 2 aromatic heterocycles. The van der Waals surface area contributed by atoms with Crippen LogP contribution in [-0.4, -0.2) is 17.0 Å². The molecule has 0 unspecified atom stereocenters. The SMILES string of the molecule is CN1C(=Cc2cc(Sc3ccccn3)nc3ccccc23)Sc2ccccc21. The third kappa shape index (κ3) is 3.28. The number of aromatic nitrogens is 2. The van der Waals surface area contributed by atoms with Gasteiger partial charge in [-0.25, -0.2) is 9.97 Å². The summed E-state index contributed by atoms with van der Waals surface area (Å²) in [5.74, 6) is 0. The van der Waals surface area contributed by atoms with E-state index in [2.05, 4.69) is 71.5 Å². The molecule has 0 bridgehead atoms. The lowest BCUT2D eigenvalue weighted by Gasteiger charge is -2.14. The maximum absolute atomic E-state index is 4.84. The van der Waals surface area contributed by atoms with Crippen molar-refractivity contribution in [3.05, 3.63) is 89.6 Å². The van der Waals surface area contributed by atoms with Gasteiger partial charge in [0, 0.05) is 23.5 Å². The summed E-state index contributed by atoms with van der Waals surface area (Å²) in [6, 6.07) is 24.9. The van der Waals surface area contributed by atoms with E-state index in [0.29, 0.717) is 0 Å². The Labute approximate surface area is 172 Å². The lowest BCUT2D eigenvalue weighted by molar-refractivity contribution is 1.11. The summed E-state index contributed by atoms with van der Waals surface area (Å²) in [7, 11) is 2.12. The minimum absolute atomic E-state index is 0.948. The van der Waals surface area contributed by atoms with Gasteiger partial charge in [0.2, 0.25) is 0 Å². The van der Waals surface area contributed by atoms with E-state index in [4.69, 9.17) is 4.98 Å². The van der Waals surface area contributed by atoms with Crippen molar-refractivity contribution >= 4 is 46.2 Å². The molecule has 1 aliphatic heterocycles. The van der Waals surface area contributed by atoms with E-state index in [1.54, 1.807) is 23.5 Å². The van der Waals surface area contributed by atoms with E-state index in [9.17, 15) is 0 Å². The first kappa shape index (κ1) is 17.3. The number of thioether (sulfide) groups is 1. The number of anilines is 1. The molecule has 5 heteroatoms. The predicted molar refractivity (Wildman–Crippen MR) is 119 cm³/mol. The fourth-order valence-electron chi connectivity index (χ4n) is 3.24. The van der Waals surface area contributed by atoms with Crippen molar-refractivity contribution in [2.24, 2.45) is 0 Å². The molecular formula is C23H17N3S2. The number of hydrogen-bond acceptors (Lipinski definition) is 5. The molecule has 2 aromatic carbocycles. The van der Waals surface area contributed by atoms with Crippen LogP contribution in [0.5, 0.6) is 0 Å². The van der Waals surface area contributed by atoms with Crippen LogP contribution in [0.15, 0.2) is 99.0 Å². The Kier molecular flexibility index (Phi) is 4.55. The second-order valence-electron chi connectivity index (χ2n) is 6.45. The highest BCUT2D eigenvalue weighted by atomic mass is 32.2. The highest BCUT2D eigenvalue weighted by Crippen LogP contribution is 2.45. The first-order chi connectivity index (χ1) is 13.8. The smallest absolute Gasteiger partial charge is 0.104 e. The second-order valence-corrected chi connectivity index (χ2v) is 8.55. The molecule has 0 saturated carbocycles. The summed E-state index contributed by atoms with van der Waals surface area (Å²) < 4.78 is 0. The molecule has 3 nitrogen and oxygen atoms in total. The summed E-state index contributed by atoms with van der Waals surface area (Å²) >= 11 is 3.40.